The van der Waals surface area contributed by atoms with E-state index >= 15 is 0 Å². The first-order chi connectivity index (χ1) is 8.15. The molecule has 6 heteroatoms. The molecule has 17 heavy (non-hydrogen) atoms. The largest absolute Gasteiger partial charge is 0.415 e. The maximum Gasteiger partial charge on any atom is 0.415 e. The minimum Gasteiger partial charge on any atom is -0.409 e. The maximum atomic E-state index is 12.9. The molecule has 1 amide bonds. The summed E-state index contributed by atoms with van der Waals surface area (Å²) in [5, 5.41) is 0. The standard InChI is InChI=1S/C11H12BrFN2O2/c12-10-2-1-9(7-14-10)17-11(16)15-5-3-8(13)4-6-15/h1-2,7-8H,3-6H2. The van der Waals surface area contributed by atoms with Crippen LogP contribution in [0.2, 0.25) is 0 Å². The number of ether oxygens (including phenoxy) is 1. The second-order valence-corrected chi connectivity index (χ2v) is 4.66. The van der Waals surface area contributed by atoms with Gasteiger partial charge in [-0.15, -0.1) is 0 Å². The number of carbonyl (C=O) groups excluding carboxylic acids is 1. The molecule has 4 nitrogen and oxygen atoms in total. The van der Waals surface area contributed by atoms with Gasteiger partial charge in [0.2, 0.25) is 0 Å². The van der Waals surface area contributed by atoms with Crippen LogP contribution in [0.4, 0.5) is 9.18 Å². The third-order valence-electron chi connectivity index (χ3n) is 2.59. The van der Waals surface area contributed by atoms with Gasteiger partial charge in [-0.25, -0.2) is 14.2 Å². The van der Waals surface area contributed by atoms with E-state index in [0.29, 0.717) is 36.3 Å². The number of likely N-dealkylation sites (tertiary alicyclic amines) is 1. The molecular weight excluding hydrogens is 291 g/mol. The monoisotopic (exact) mass is 302 g/mol. The van der Waals surface area contributed by atoms with Crippen LogP contribution in [0.3, 0.4) is 0 Å². The highest BCUT2D eigenvalue weighted by molar-refractivity contribution is 9.10. The molecule has 0 aliphatic carbocycles. The summed E-state index contributed by atoms with van der Waals surface area (Å²) >= 11 is 3.19. The minimum absolute atomic E-state index is 0.383. The van der Waals surface area contributed by atoms with Crippen molar-refractivity contribution in [1.29, 1.82) is 0 Å². The van der Waals surface area contributed by atoms with Crippen molar-refractivity contribution in [3.8, 4) is 5.75 Å². The third-order valence-corrected chi connectivity index (χ3v) is 3.06. The fourth-order valence-electron chi connectivity index (χ4n) is 1.62. The highest BCUT2D eigenvalue weighted by atomic mass is 79.9. The predicted molar refractivity (Wildman–Crippen MR) is 63.7 cm³/mol. The fourth-order valence-corrected chi connectivity index (χ4v) is 1.85. The van der Waals surface area contributed by atoms with Gasteiger partial charge in [-0.2, -0.15) is 0 Å². The number of halogens is 2. The summed E-state index contributed by atoms with van der Waals surface area (Å²) in [4.78, 5) is 17.2. The number of alkyl halides is 1. The number of nitrogens with zero attached hydrogens (tertiary/aromatic N) is 2. The van der Waals surface area contributed by atoms with Crippen LogP contribution >= 0.6 is 15.9 Å². The van der Waals surface area contributed by atoms with Gasteiger partial charge in [0.05, 0.1) is 6.20 Å². The van der Waals surface area contributed by atoms with Crippen molar-refractivity contribution < 1.29 is 13.9 Å². The first-order valence-electron chi connectivity index (χ1n) is 5.37. The van der Waals surface area contributed by atoms with E-state index in [0.717, 1.165) is 0 Å². The van der Waals surface area contributed by atoms with Crippen LogP contribution in [0.25, 0.3) is 0 Å². The van der Waals surface area contributed by atoms with Crippen LogP contribution < -0.4 is 4.74 Å². The van der Waals surface area contributed by atoms with Gasteiger partial charge in [-0.05, 0) is 40.9 Å². The lowest BCUT2D eigenvalue weighted by molar-refractivity contribution is 0.120. The number of aromatic nitrogens is 1. The van der Waals surface area contributed by atoms with Crippen LogP contribution in [-0.4, -0.2) is 35.2 Å². The Kier molecular flexibility index (Phi) is 3.93. The average molecular weight is 303 g/mol. The Labute approximate surface area is 107 Å². The van der Waals surface area contributed by atoms with E-state index < -0.39 is 12.3 Å². The number of pyridine rings is 1. The lowest BCUT2D eigenvalue weighted by atomic mass is 10.1. The zero-order chi connectivity index (χ0) is 12.3. The highest BCUT2D eigenvalue weighted by Crippen LogP contribution is 2.17. The number of piperidine rings is 1. The van der Waals surface area contributed by atoms with Crippen molar-refractivity contribution in [3.63, 3.8) is 0 Å². The van der Waals surface area contributed by atoms with E-state index in [9.17, 15) is 9.18 Å². The lowest BCUT2D eigenvalue weighted by Crippen LogP contribution is -2.40. The third kappa shape index (κ3) is 3.39. The molecule has 0 aromatic carbocycles. The molecule has 0 unspecified atom stereocenters. The molecular formula is C11H12BrFN2O2. The normalized spacial score (nSPS) is 16.9. The maximum absolute atomic E-state index is 12.9. The molecule has 0 saturated carbocycles. The van der Waals surface area contributed by atoms with Crippen molar-refractivity contribution in [3.05, 3.63) is 22.9 Å². The van der Waals surface area contributed by atoms with E-state index in [1.165, 1.54) is 11.1 Å². The van der Waals surface area contributed by atoms with Crippen LogP contribution in [0.5, 0.6) is 5.75 Å². The SMILES string of the molecule is O=C(Oc1ccc(Br)nc1)N1CCC(F)CC1. The molecule has 0 spiro atoms. The topological polar surface area (TPSA) is 42.4 Å². The predicted octanol–water partition coefficient (Wildman–Crippen LogP) is 2.78. The Balaban J connectivity index is 1.90. The van der Waals surface area contributed by atoms with Gasteiger partial charge in [0, 0.05) is 13.1 Å². The smallest absolute Gasteiger partial charge is 0.409 e. The van der Waals surface area contributed by atoms with E-state index in [1.807, 2.05) is 0 Å². The molecule has 1 fully saturated rings. The molecule has 1 saturated heterocycles. The molecule has 0 radical (unpaired) electrons. The van der Waals surface area contributed by atoms with Crippen LogP contribution in [0, 0.1) is 0 Å². The molecule has 0 atom stereocenters. The second kappa shape index (κ2) is 5.44. The Morgan fingerprint density at radius 2 is 2.18 bits per heavy atom. The molecule has 1 aromatic heterocycles. The van der Waals surface area contributed by atoms with Gasteiger partial charge in [0.25, 0.3) is 0 Å². The van der Waals surface area contributed by atoms with Crippen molar-refractivity contribution in [2.45, 2.75) is 19.0 Å². The van der Waals surface area contributed by atoms with Gasteiger partial charge in [-0.1, -0.05) is 0 Å². The highest BCUT2D eigenvalue weighted by Gasteiger charge is 2.23. The van der Waals surface area contributed by atoms with Gasteiger partial charge in [0.15, 0.2) is 5.75 Å². The van der Waals surface area contributed by atoms with Crippen molar-refractivity contribution in [1.82, 2.24) is 9.88 Å². The Morgan fingerprint density at radius 1 is 1.47 bits per heavy atom. The first-order valence-corrected chi connectivity index (χ1v) is 6.17. The van der Waals surface area contributed by atoms with E-state index in [4.69, 9.17) is 4.74 Å². The van der Waals surface area contributed by atoms with Gasteiger partial charge in [0.1, 0.15) is 10.8 Å². The summed E-state index contributed by atoms with van der Waals surface area (Å²) in [5.74, 6) is 0.389. The molecule has 2 rings (SSSR count). The molecule has 0 bridgehead atoms. The van der Waals surface area contributed by atoms with E-state index in [1.54, 1.807) is 12.1 Å². The van der Waals surface area contributed by atoms with Crippen LogP contribution in [0.15, 0.2) is 22.9 Å². The molecule has 1 aliphatic heterocycles. The van der Waals surface area contributed by atoms with Crippen LogP contribution in [-0.2, 0) is 0 Å². The molecule has 1 aliphatic rings. The summed E-state index contributed by atoms with van der Waals surface area (Å²) < 4.78 is 18.7. The minimum atomic E-state index is -0.798. The quantitative estimate of drug-likeness (QED) is 0.749. The number of carbonyl (C=O) groups is 1. The Morgan fingerprint density at radius 3 is 2.76 bits per heavy atom. The van der Waals surface area contributed by atoms with Crippen molar-refractivity contribution in [2.75, 3.05) is 13.1 Å². The zero-order valence-electron chi connectivity index (χ0n) is 9.10. The Hall–Kier alpha value is -1.17. The van der Waals surface area contributed by atoms with Gasteiger partial charge in [-0.3, -0.25) is 0 Å². The van der Waals surface area contributed by atoms with Crippen molar-refractivity contribution >= 4 is 22.0 Å². The number of amides is 1. The number of hydrogen-bond acceptors (Lipinski definition) is 3. The Bertz CT molecular complexity index is 391. The zero-order valence-corrected chi connectivity index (χ0v) is 10.7. The van der Waals surface area contributed by atoms with Crippen LogP contribution in [0.1, 0.15) is 12.8 Å². The van der Waals surface area contributed by atoms with E-state index in [-0.39, 0.29) is 0 Å². The summed E-state index contributed by atoms with van der Waals surface area (Å²) in [5.41, 5.74) is 0. The van der Waals surface area contributed by atoms with E-state index in [2.05, 4.69) is 20.9 Å². The summed E-state index contributed by atoms with van der Waals surface area (Å²) in [6, 6.07) is 3.34. The molecule has 0 N–H and O–H groups in total. The first kappa shape index (κ1) is 12.3. The van der Waals surface area contributed by atoms with Gasteiger partial charge < -0.3 is 9.64 Å². The molecule has 2 heterocycles. The average Bonchev–Trinajstić information content (AvgIpc) is 2.33. The number of rotatable bonds is 1. The van der Waals surface area contributed by atoms with Crippen molar-refractivity contribution in [2.24, 2.45) is 0 Å². The van der Waals surface area contributed by atoms with Gasteiger partial charge >= 0.3 is 6.09 Å². The summed E-state index contributed by atoms with van der Waals surface area (Å²) in [7, 11) is 0. The number of hydrogen-bond donors (Lipinski definition) is 0. The summed E-state index contributed by atoms with van der Waals surface area (Å²) in [6.45, 7) is 0.813. The molecule has 92 valence electrons. The second-order valence-electron chi connectivity index (χ2n) is 3.85. The summed E-state index contributed by atoms with van der Waals surface area (Å²) in [6.07, 6.45) is 0.986. The lowest BCUT2D eigenvalue weighted by Gasteiger charge is -2.27. The molecule has 1 aromatic rings. The fraction of sp³-hybridized carbons (Fsp3) is 0.455.